The molecule has 3 aliphatic rings. The molecule has 0 bridgehead atoms. The third-order valence-electron chi connectivity index (χ3n) is 5.28. The number of hydrogen-bond donors (Lipinski definition) is 0. The molecule has 4 rings (SSSR count). The van der Waals surface area contributed by atoms with E-state index >= 15 is 0 Å². The Hall–Kier alpha value is -2.06. The summed E-state index contributed by atoms with van der Waals surface area (Å²) in [5.41, 5.74) is -1.78. The number of carbonyl (C=O) groups excluding carboxylic acids is 2. The molecule has 0 N–H and O–H groups in total. The molecule has 1 saturated carbocycles. The predicted octanol–water partition coefficient (Wildman–Crippen LogP) is 1.75. The maximum absolute atomic E-state index is 14.3. The van der Waals surface area contributed by atoms with Crippen molar-refractivity contribution in [2.45, 2.75) is 30.7 Å². The molecule has 1 aromatic rings. The molecule has 8 heteroatoms. The van der Waals surface area contributed by atoms with Gasteiger partial charge in [0, 0.05) is 13.1 Å². The van der Waals surface area contributed by atoms with Crippen LogP contribution < -0.4 is 0 Å². The van der Waals surface area contributed by atoms with Crippen LogP contribution in [-0.4, -0.2) is 72.5 Å². The first kappa shape index (κ1) is 18.3. The maximum atomic E-state index is 14.3. The van der Waals surface area contributed by atoms with Crippen molar-refractivity contribution < 1.29 is 27.8 Å². The van der Waals surface area contributed by atoms with Crippen molar-refractivity contribution in [2.75, 3.05) is 39.4 Å². The average molecular weight is 380 g/mol. The quantitative estimate of drug-likeness (QED) is 0.784. The monoisotopic (exact) mass is 380 g/mol. The van der Waals surface area contributed by atoms with Gasteiger partial charge in [-0.15, -0.1) is 0 Å². The van der Waals surface area contributed by atoms with Crippen LogP contribution in [0.15, 0.2) is 24.3 Å². The van der Waals surface area contributed by atoms with Crippen molar-refractivity contribution in [3.8, 4) is 0 Å². The van der Waals surface area contributed by atoms with Gasteiger partial charge in [0.15, 0.2) is 5.67 Å². The lowest BCUT2D eigenvalue weighted by atomic mass is 10.1. The molecule has 2 heterocycles. The number of amides is 2. The number of ether oxygens (including phenoxy) is 2. The molecule has 2 aliphatic heterocycles. The minimum atomic E-state index is -1.76. The van der Waals surface area contributed by atoms with Crippen molar-refractivity contribution in [1.82, 2.24) is 9.80 Å². The normalized spacial score (nSPS) is 27.3. The summed E-state index contributed by atoms with van der Waals surface area (Å²) in [7, 11) is 0. The number of rotatable bonds is 2. The van der Waals surface area contributed by atoms with Gasteiger partial charge in [-0.25, -0.2) is 8.78 Å². The van der Waals surface area contributed by atoms with E-state index in [9.17, 15) is 18.4 Å². The van der Waals surface area contributed by atoms with Crippen LogP contribution in [0, 0.1) is 5.82 Å². The molecule has 0 aromatic heterocycles. The van der Waals surface area contributed by atoms with Crippen LogP contribution in [0.1, 0.15) is 29.6 Å². The van der Waals surface area contributed by atoms with E-state index < -0.39 is 29.1 Å². The van der Waals surface area contributed by atoms with Gasteiger partial charge in [-0.2, -0.15) is 0 Å². The van der Waals surface area contributed by atoms with Gasteiger partial charge < -0.3 is 19.3 Å². The van der Waals surface area contributed by atoms with E-state index in [-0.39, 0.29) is 38.1 Å². The number of nitrogens with zero attached hydrogens (tertiary/aromatic N) is 2. The third-order valence-corrected chi connectivity index (χ3v) is 5.28. The standard InChI is InChI=1S/C19H22F2N2O4/c20-15-5-2-1-4-14(15)16(24)22-9-11-27-19(12-22)13-23(8-3-10-26-19)17(25)18(21)6-7-18/h1-2,4-5H,3,6-13H2. The highest BCUT2D eigenvalue weighted by atomic mass is 19.1. The minimum Gasteiger partial charge on any atom is -0.347 e. The highest BCUT2D eigenvalue weighted by Gasteiger charge is 2.54. The zero-order chi connectivity index (χ0) is 19.1. The summed E-state index contributed by atoms with van der Waals surface area (Å²) < 4.78 is 39.9. The summed E-state index contributed by atoms with van der Waals surface area (Å²) in [6.45, 7) is 1.33. The molecule has 1 atom stereocenters. The maximum Gasteiger partial charge on any atom is 0.260 e. The number of carbonyl (C=O) groups is 2. The summed E-state index contributed by atoms with van der Waals surface area (Å²) in [6, 6.07) is 5.80. The van der Waals surface area contributed by atoms with Crippen molar-refractivity contribution in [3.63, 3.8) is 0 Å². The number of hydrogen-bond acceptors (Lipinski definition) is 4. The van der Waals surface area contributed by atoms with Crippen LogP contribution in [0.3, 0.4) is 0 Å². The van der Waals surface area contributed by atoms with Crippen LogP contribution >= 0.6 is 0 Å². The van der Waals surface area contributed by atoms with Gasteiger partial charge in [0.25, 0.3) is 11.8 Å². The van der Waals surface area contributed by atoms with Gasteiger partial charge in [-0.05, 0) is 31.4 Å². The van der Waals surface area contributed by atoms with Crippen LogP contribution in [0.25, 0.3) is 0 Å². The van der Waals surface area contributed by atoms with Gasteiger partial charge in [0.2, 0.25) is 5.79 Å². The number of morpholine rings is 1. The summed E-state index contributed by atoms with van der Waals surface area (Å²) in [6.07, 6.45) is 1.05. The Morgan fingerprint density at radius 3 is 2.44 bits per heavy atom. The Balaban J connectivity index is 1.52. The molecule has 2 saturated heterocycles. The molecular formula is C19H22F2N2O4. The van der Waals surface area contributed by atoms with Crippen molar-refractivity contribution >= 4 is 11.8 Å². The van der Waals surface area contributed by atoms with Gasteiger partial charge in [-0.3, -0.25) is 9.59 Å². The summed E-state index contributed by atoms with van der Waals surface area (Å²) in [4.78, 5) is 28.1. The molecule has 27 heavy (non-hydrogen) atoms. The zero-order valence-electron chi connectivity index (χ0n) is 15.0. The Morgan fingerprint density at radius 2 is 1.70 bits per heavy atom. The lowest BCUT2D eigenvalue weighted by Crippen LogP contribution is -2.60. The topological polar surface area (TPSA) is 59.1 Å². The van der Waals surface area contributed by atoms with Crippen molar-refractivity contribution in [3.05, 3.63) is 35.6 Å². The summed E-state index contributed by atoms with van der Waals surface area (Å²) in [5.74, 6) is -2.79. The first-order chi connectivity index (χ1) is 12.9. The second-order valence-corrected chi connectivity index (χ2v) is 7.36. The largest absolute Gasteiger partial charge is 0.347 e. The Bertz CT molecular complexity index is 755. The van der Waals surface area contributed by atoms with E-state index in [1.165, 1.54) is 28.0 Å². The molecule has 1 aliphatic carbocycles. The fourth-order valence-corrected chi connectivity index (χ4v) is 3.63. The van der Waals surface area contributed by atoms with Crippen LogP contribution in [0.4, 0.5) is 8.78 Å². The molecule has 0 radical (unpaired) electrons. The molecule has 1 unspecified atom stereocenters. The second-order valence-electron chi connectivity index (χ2n) is 7.36. The highest BCUT2D eigenvalue weighted by Crippen LogP contribution is 2.42. The van der Waals surface area contributed by atoms with Gasteiger partial charge in [0.05, 0.1) is 31.9 Å². The minimum absolute atomic E-state index is 0.0169. The Labute approximate surface area is 156 Å². The molecule has 1 aromatic carbocycles. The van der Waals surface area contributed by atoms with E-state index in [0.717, 1.165) is 0 Å². The van der Waals surface area contributed by atoms with Gasteiger partial charge >= 0.3 is 0 Å². The van der Waals surface area contributed by atoms with Crippen LogP contribution in [0.5, 0.6) is 0 Å². The van der Waals surface area contributed by atoms with Crippen molar-refractivity contribution in [2.24, 2.45) is 0 Å². The van der Waals surface area contributed by atoms with Gasteiger partial charge in [-0.1, -0.05) is 12.1 Å². The van der Waals surface area contributed by atoms with Gasteiger partial charge in [0.1, 0.15) is 5.82 Å². The fraction of sp³-hybridized carbons (Fsp3) is 0.579. The first-order valence-corrected chi connectivity index (χ1v) is 9.23. The number of halogens is 2. The van der Waals surface area contributed by atoms with Crippen molar-refractivity contribution in [1.29, 1.82) is 0 Å². The highest BCUT2D eigenvalue weighted by molar-refractivity contribution is 5.94. The lowest BCUT2D eigenvalue weighted by Gasteiger charge is -2.43. The lowest BCUT2D eigenvalue weighted by molar-refractivity contribution is -0.260. The molecule has 1 spiro atoms. The molecule has 3 fully saturated rings. The first-order valence-electron chi connectivity index (χ1n) is 9.23. The molecule has 2 amide bonds. The van der Waals surface area contributed by atoms with E-state index in [4.69, 9.17) is 9.47 Å². The van der Waals surface area contributed by atoms with E-state index in [2.05, 4.69) is 0 Å². The second kappa shape index (κ2) is 6.83. The summed E-state index contributed by atoms with van der Waals surface area (Å²) in [5, 5.41) is 0. The zero-order valence-corrected chi connectivity index (χ0v) is 15.0. The van der Waals surface area contributed by atoms with Crippen LogP contribution in [0.2, 0.25) is 0 Å². The summed E-state index contributed by atoms with van der Waals surface area (Å²) >= 11 is 0. The SMILES string of the molecule is O=C(c1ccccc1F)N1CCOC2(C1)CN(C(=O)C1(F)CC1)CCCO2. The fourth-order valence-electron chi connectivity index (χ4n) is 3.63. The number of benzene rings is 1. The van der Waals surface area contributed by atoms with E-state index in [0.29, 0.717) is 26.1 Å². The molecule has 6 nitrogen and oxygen atoms in total. The number of alkyl halides is 1. The molecule has 146 valence electrons. The van der Waals surface area contributed by atoms with E-state index in [1.807, 2.05) is 0 Å². The Morgan fingerprint density at radius 1 is 1.00 bits per heavy atom. The van der Waals surface area contributed by atoms with Crippen LogP contribution in [-0.2, 0) is 14.3 Å². The third kappa shape index (κ3) is 3.55. The Kier molecular flexibility index (Phi) is 4.63. The average Bonchev–Trinajstić information content (AvgIpc) is 3.45. The predicted molar refractivity (Wildman–Crippen MR) is 91.2 cm³/mol. The molecular weight excluding hydrogens is 358 g/mol. The van der Waals surface area contributed by atoms with E-state index in [1.54, 1.807) is 6.07 Å². The smallest absolute Gasteiger partial charge is 0.260 e.